The summed E-state index contributed by atoms with van der Waals surface area (Å²) in [6.45, 7) is 3.89. The van der Waals surface area contributed by atoms with Crippen molar-refractivity contribution in [1.29, 1.82) is 0 Å². The van der Waals surface area contributed by atoms with Crippen molar-refractivity contribution >= 4 is 17.2 Å². The van der Waals surface area contributed by atoms with E-state index in [-0.39, 0.29) is 17.4 Å². The number of hydrogen-bond acceptors (Lipinski definition) is 5. The van der Waals surface area contributed by atoms with Gasteiger partial charge >= 0.3 is 0 Å². The molecule has 0 aliphatic rings. The molecule has 0 spiro atoms. The summed E-state index contributed by atoms with van der Waals surface area (Å²) in [5.74, 6) is -0.116. The minimum atomic E-state index is -0.240. The predicted molar refractivity (Wildman–Crippen MR) is 104 cm³/mol. The van der Waals surface area contributed by atoms with E-state index in [9.17, 15) is 9.59 Å². The second kappa shape index (κ2) is 7.21. The number of nitrogens with one attached hydrogen (secondary N) is 1. The number of pyridine rings is 2. The SMILES string of the molecule is CC(C)c1[nH]c(=O)c(-c2csc(-c3ccncc3)n2)cc1C(=O)N(C)C. The van der Waals surface area contributed by atoms with Crippen molar-refractivity contribution in [3.8, 4) is 21.8 Å². The summed E-state index contributed by atoms with van der Waals surface area (Å²) in [5, 5.41) is 2.63. The van der Waals surface area contributed by atoms with E-state index in [1.54, 1.807) is 32.6 Å². The van der Waals surface area contributed by atoms with E-state index in [0.717, 1.165) is 10.6 Å². The molecule has 134 valence electrons. The number of carbonyl (C=O) groups is 1. The fraction of sp³-hybridized carbons (Fsp3) is 0.263. The van der Waals surface area contributed by atoms with Crippen LogP contribution in [0.25, 0.3) is 21.8 Å². The number of aromatic nitrogens is 3. The molecular weight excluding hydrogens is 348 g/mol. The van der Waals surface area contributed by atoms with E-state index < -0.39 is 0 Å². The Morgan fingerprint density at radius 3 is 2.54 bits per heavy atom. The number of carbonyl (C=O) groups excluding carboxylic acids is 1. The molecule has 3 rings (SSSR count). The van der Waals surface area contributed by atoms with E-state index in [4.69, 9.17) is 0 Å². The maximum atomic E-state index is 12.6. The van der Waals surface area contributed by atoms with Crippen molar-refractivity contribution in [2.45, 2.75) is 19.8 Å². The summed E-state index contributed by atoms with van der Waals surface area (Å²) < 4.78 is 0. The number of hydrogen-bond donors (Lipinski definition) is 1. The smallest absolute Gasteiger partial charge is 0.257 e. The molecule has 0 radical (unpaired) electrons. The van der Waals surface area contributed by atoms with Gasteiger partial charge in [0.05, 0.1) is 16.8 Å². The highest BCUT2D eigenvalue weighted by Crippen LogP contribution is 2.28. The van der Waals surface area contributed by atoms with Crippen molar-refractivity contribution in [1.82, 2.24) is 19.9 Å². The van der Waals surface area contributed by atoms with Crippen LogP contribution in [-0.2, 0) is 0 Å². The third-order valence-corrected chi connectivity index (χ3v) is 4.88. The van der Waals surface area contributed by atoms with Gasteiger partial charge in [-0.15, -0.1) is 11.3 Å². The summed E-state index contributed by atoms with van der Waals surface area (Å²) in [6.07, 6.45) is 3.41. The molecule has 7 heteroatoms. The van der Waals surface area contributed by atoms with Gasteiger partial charge in [-0.2, -0.15) is 0 Å². The third kappa shape index (κ3) is 3.43. The van der Waals surface area contributed by atoms with Gasteiger partial charge in [-0.3, -0.25) is 14.6 Å². The fourth-order valence-electron chi connectivity index (χ4n) is 2.63. The molecule has 0 saturated heterocycles. The van der Waals surface area contributed by atoms with Crippen LogP contribution in [0, 0.1) is 0 Å². The molecule has 0 aliphatic heterocycles. The van der Waals surface area contributed by atoms with Gasteiger partial charge in [-0.1, -0.05) is 13.8 Å². The average molecular weight is 368 g/mol. The molecule has 3 aromatic heterocycles. The highest BCUT2D eigenvalue weighted by atomic mass is 32.1. The molecular formula is C19H20N4O2S. The summed E-state index contributed by atoms with van der Waals surface area (Å²) in [5.41, 5.74) is 2.80. The summed E-state index contributed by atoms with van der Waals surface area (Å²) in [7, 11) is 3.39. The molecule has 6 nitrogen and oxygen atoms in total. The second-order valence-electron chi connectivity index (χ2n) is 6.47. The first-order valence-electron chi connectivity index (χ1n) is 8.23. The predicted octanol–water partition coefficient (Wildman–Crippen LogP) is 3.39. The van der Waals surface area contributed by atoms with Crippen LogP contribution in [0.1, 0.15) is 35.8 Å². The first-order chi connectivity index (χ1) is 12.4. The highest BCUT2D eigenvalue weighted by molar-refractivity contribution is 7.13. The number of amides is 1. The van der Waals surface area contributed by atoms with Gasteiger partial charge < -0.3 is 9.88 Å². The van der Waals surface area contributed by atoms with Gasteiger partial charge in [0, 0.05) is 43.1 Å². The lowest BCUT2D eigenvalue weighted by atomic mass is 10.0. The monoisotopic (exact) mass is 368 g/mol. The largest absolute Gasteiger partial charge is 0.345 e. The molecule has 0 unspecified atom stereocenters. The molecule has 3 heterocycles. The van der Waals surface area contributed by atoms with Gasteiger partial charge in [0.25, 0.3) is 11.5 Å². The Morgan fingerprint density at radius 1 is 1.23 bits per heavy atom. The van der Waals surface area contributed by atoms with Crippen LogP contribution in [0.4, 0.5) is 0 Å². The normalized spacial score (nSPS) is 11.0. The van der Waals surface area contributed by atoms with Crippen LogP contribution >= 0.6 is 11.3 Å². The number of nitrogens with zero attached hydrogens (tertiary/aromatic N) is 3. The molecule has 0 bridgehead atoms. The van der Waals surface area contributed by atoms with Gasteiger partial charge in [0.15, 0.2) is 0 Å². The number of aromatic amines is 1. The number of thiazole rings is 1. The minimum Gasteiger partial charge on any atom is -0.345 e. The van der Waals surface area contributed by atoms with Gasteiger partial charge in [0.2, 0.25) is 0 Å². The first kappa shape index (κ1) is 18.0. The number of rotatable bonds is 4. The lowest BCUT2D eigenvalue weighted by Crippen LogP contribution is -2.26. The van der Waals surface area contributed by atoms with Crippen LogP contribution in [-0.4, -0.2) is 39.9 Å². The molecule has 3 aromatic rings. The Balaban J connectivity index is 2.11. The van der Waals surface area contributed by atoms with Crippen LogP contribution in [0.5, 0.6) is 0 Å². The van der Waals surface area contributed by atoms with E-state index >= 15 is 0 Å². The van der Waals surface area contributed by atoms with Crippen molar-refractivity contribution in [3.63, 3.8) is 0 Å². The Labute approximate surface area is 155 Å². The van der Waals surface area contributed by atoms with E-state index in [1.807, 2.05) is 31.4 Å². The minimum absolute atomic E-state index is 0.0264. The zero-order valence-corrected chi connectivity index (χ0v) is 15.9. The Kier molecular flexibility index (Phi) is 4.99. The summed E-state index contributed by atoms with van der Waals surface area (Å²) >= 11 is 1.45. The molecule has 0 atom stereocenters. The molecule has 0 saturated carbocycles. The van der Waals surface area contributed by atoms with Gasteiger partial charge in [-0.25, -0.2) is 4.98 Å². The van der Waals surface area contributed by atoms with Crippen molar-refractivity contribution in [2.24, 2.45) is 0 Å². The van der Waals surface area contributed by atoms with Crippen molar-refractivity contribution in [3.05, 3.63) is 57.6 Å². The molecule has 1 amide bonds. The van der Waals surface area contributed by atoms with Crippen LogP contribution in [0.15, 0.2) is 40.8 Å². The van der Waals surface area contributed by atoms with Gasteiger partial charge in [0.1, 0.15) is 5.01 Å². The van der Waals surface area contributed by atoms with Crippen LogP contribution in [0.2, 0.25) is 0 Å². The zero-order valence-electron chi connectivity index (χ0n) is 15.1. The van der Waals surface area contributed by atoms with Crippen molar-refractivity contribution in [2.75, 3.05) is 14.1 Å². The maximum absolute atomic E-state index is 12.6. The van der Waals surface area contributed by atoms with Crippen LogP contribution < -0.4 is 5.56 Å². The first-order valence-corrected chi connectivity index (χ1v) is 9.11. The van der Waals surface area contributed by atoms with E-state index in [2.05, 4.69) is 15.0 Å². The van der Waals surface area contributed by atoms with E-state index in [1.165, 1.54) is 16.2 Å². The molecule has 0 fully saturated rings. The lowest BCUT2D eigenvalue weighted by Gasteiger charge is -2.16. The Bertz CT molecular complexity index is 990. The molecule has 0 aromatic carbocycles. The van der Waals surface area contributed by atoms with Gasteiger partial charge in [-0.05, 0) is 24.1 Å². The Morgan fingerprint density at radius 2 is 1.92 bits per heavy atom. The Hall–Kier alpha value is -2.80. The lowest BCUT2D eigenvalue weighted by molar-refractivity contribution is 0.0825. The molecule has 1 N–H and O–H groups in total. The topological polar surface area (TPSA) is 79.0 Å². The number of H-pyrrole nitrogens is 1. The molecule has 0 aliphatic carbocycles. The van der Waals surface area contributed by atoms with Crippen LogP contribution in [0.3, 0.4) is 0 Å². The standard InChI is InChI=1S/C19H20N4O2S/c1-11(2)16-14(19(25)23(3)4)9-13(17(24)22-16)15-10-26-18(21-15)12-5-7-20-8-6-12/h5-11H,1-4H3,(H,22,24). The third-order valence-electron chi connectivity index (χ3n) is 3.99. The van der Waals surface area contributed by atoms with E-state index in [0.29, 0.717) is 22.5 Å². The summed E-state index contributed by atoms with van der Waals surface area (Å²) in [6, 6.07) is 5.40. The van der Waals surface area contributed by atoms with Crippen molar-refractivity contribution < 1.29 is 4.79 Å². The summed E-state index contributed by atoms with van der Waals surface area (Å²) in [4.78, 5) is 38.1. The maximum Gasteiger partial charge on any atom is 0.257 e. The quantitative estimate of drug-likeness (QED) is 0.766. The second-order valence-corrected chi connectivity index (χ2v) is 7.33. The zero-order chi connectivity index (χ0) is 18.8. The fourth-order valence-corrected chi connectivity index (χ4v) is 3.46. The highest BCUT2D eigenvalue weighted by Gasteiger charge is 2.20. The average Bonchev–Trinajstić information content (AvgIpc) is 3.11. The molecule has 26 heavy (non-hydrogen) atoms.